The molecule has 0 aliphatic heterocycles. The van der Waals surface area contributed by atoms with E-state index >= 15 is 0 Å². The van der Waals surface area contributed by atoms with E-state index in [-0.39, 0.29) is 5.91 Å². The zero-order chi connectivity index (χ0) is 11.9. The molecule has 2 N–H and O–H groups in total. The Labute approximate surface area is 99.4 Å². The van der Waals surface area contributed by atoms with E-state index in [4.69, 9.17) is 0 Å². The van der Waals surface area contributed by atoms with Crippen LogP contribution in [0.1, 0.15) is 51.9 Å². The molecule has 0 atom stereocenters. The van der Waals surface area contributed by atoms with Crippen molar-refractivity contribution in [2.24, 2.45) is 5.41 Å². The van der Waals surface area contributed by atoms with E-state index in [1.807, 2.05) is 7.05 Å². The minimum atomic E-state index is 0.220. The Morgan fingerprint density at radius 3 is 2.62 bits per heavy atom. The Bertz CT molecular complexity index is 212. The Balaban J connectivity index is 2.14. The number of hydrogen-bond donors (Lipinski definition) is 2. The number of hydrogen-bond acceptors (Lipinski definition) is 2. The minimum absolute atomic E-state index is 0.220. The largest absolute Gasteiger partial charge is 0.356 e. The van der Waals surface area contributed by atoms with Crippen LogP contribution >= 0.6 is 0 Å². The third-order valence-electron chi connectivity index (χ3n) is 3.69. The molecule has 0 spiro atoms. The lowest BCUT2D eigenvalue weighted by Crippen LogP contribution is -2.42. The second-order valence-corrected chi connectivity index (χ2v) is 5.09. The van der Waals surface area contributed by atoms with Crippen LogP contribution in [0.3, 0.4) is 0 Å². The minimum Gasteiger partial charge on any atom is -0.356 e. The molecule has 1 saturated carbocycles. The highest BCUT2D eigenvalue weighted by molar-refractivity contribution is 5.75. The number of amides is 1. The van der Waals surface area contributed by atoms with E-state index in [2.05, 4.69) is 17.6 Å². The van der Waals surface area contributed by atoms with E-state index < -0.39 is 0 Å². The molecule has 0 radical (unpaired) electrons. The second kappa shape index (κ2) is 6.89. The molecule has 1 fully saturated rings. The van der Waals surface area contributed by atoms with Gasteiger partial charge in [-0.1, -0.05) is 19.8 Å². The van der Waals surface area contributed by atoms with Gasteiger partial charge >= 0.3 is 0 Å². The Morgan fingerprint density at radius 1 is 1.38 bits per heavy atom. The zero-order valence-electron chi connectivity index (χ0n) is 10.8. The van der Waals surface area contributed by atoms with Crippen LogP contribution in [0.4, 0.5) is 0 Å². The van der Waals surface area contributed by atoms with Gasteiger partial charge in [0.15, 0.2) is 0 Å². The normalized spacial score (nSPS) is 17.9. The summed E-state index contributed by atoms with van der Waals surface area (Å²) >= 11 is 0. The molecular weight excluding hydrogens is 200 g/mol. The molecule has 1 aliphatic carbocycles. The third-order valence-corrected chi connectivity index (χ3v) is 3.69. The topological polar surface area (TPSA) is 41.1 Å². The van der Waals surface area contributed by atoms with Gasteiger partial charge in [-0.25, -0.2) is 0 Å². The monoisotopic (exact) mass is 226 g/mol. The maximum Gasteiger partial charge on any atom is 0.220 e. The van der Waals surface area contributed by atoms with Crippen LogP contribution in [0.2, 0.25) is 0 Å². The molecule has 0 aromatic heterocycles. The summed E-state index contributed by atoms with van der Waals surface area (Å²) in [6.07, 6.45) is 8.04. The first-order valence-electron chi connectivity index (χ1n) is 6.64. The van der Waals surface area contributed by atoms with Crippen molar-refractivity contribution in [3.8, 4) is 0 Å². The summed E-state index contributed by atoms with van der Waals surface area (Å²) in [6.45, 7) is 4.06. The molecule has 0 aromatic carbocycles. The maximum atomic E-state index is 11.6. The van der Waals surface area contributed by atoms with Crippen LogP contribution in [0.25, 0.3) is 0 Å². The molecule has 94 valence electrons. The third kappa shape index (κ3) is 4.12. The van der Waals surface area contributed by atoms with Crippen molar-refractivity contribution in [1.82, 2.24) is 10.6 Å². The smallest absolute Gasteiger partial charge is 0.220 e. The van der Waals surface area contributed by atoms with Crippen molar-refractivity contribution in [3.05, 3.63) is 0 Å². The lowest BCUT2D eigenvalue weighted by Gasteiger charge is -2.42. The van der Waals surface area contributed by atoms with Crippen LogP contribution in [-0.2, 0) is 4.79 Å². The average Bonchev–Trinajstić information content (AvgIpc) is 2.22. The summed E-state index contributed by atoms with van der Waals surface area (Å²) < 4.78 is 0. The summed E-state index contributed by atoms with van der Waals surface area (Å²) in [6, 6.07) is 0. The average molecular weight is 226 g/mol. The van der Waals surface area contributed by atoms with Gasteiger partial charge in [0, 0.05) is 13.0 Å². The van der Waals surface area contributed by atoms with Crippen LogP contribution in [0.15, 0.2) is 0 Å². The van der Waals surface area contributed by atoms with Crippen molar-refractivity contribution in [2.75, 3.05) is 20.1 Å². The van der Waals surface area contributed by atoms with Crippen molar-refractivity contribution in [1.29, 1.82) is 0 Å². The van der Waals surface area contributed by atoms with Gasteiger partial charge in [-0.3, -0.25) is 4.79 Å². The van der Waals surface area contributed by atoms with Crippen LogP contribution in [0.5, 0.6) is 0 Å². The molecule has 3 heteroatoms. The van der Waals surface area contributed by atoms with E-state index in [0.29, 0.717) is 11.8 Å². The SMILES string of the molecule is CCCC1(CNC(=O)CCCNC)CCC1. The summed E-state index contributed by atoms with van der Waals surface area (Å²) in [4.78, 5) is 11.6. The fraction of sp³-hybridized carbons (Fsp3) is 0.923. The van der Waals surface area contributed by atoms with Gasteiger partial charge in [-0.15, -0.1) is 0 Å². The highest BCUT2D eigenvalue weighted by Crippen LogP contribution is 2.44. The van der Waals surface area contributed by atoms with Crippen molar-refractivity contribution in [3.63, 3.8) is 0 Å². The molecule has 0 bridgehead atoms. The zero-order valence-corrected chi connectivity index (χ0v) is 10.8. The van der Waals surface area contributed by atoms with Crippen LogP contribution in [0, 0.1) is 5.41 Å². The molecule has 1 amide bonds. The predicted molar refractivity (Wildman–Crippen MR) is 67.4 cm³/mol. The van der Waals surface area contributed by atoms with Gasteiger partial charge in [0.1, 0.15) is 0 Å². The Hall–Kier alpha value is -0.570. The molecule has 0 heterocycles. The van der Waals surface area contributed by atoms with E-state index in [1.165, 1.54) is 32.1 Å². The summed E-state index contributed by atoms with van der Waals surface area (Å²) in [5, 5.41) is 6.16. The van der Waals surface area contributed by atoms with Crippen molar-refractivity contribution >= 4 is 5.91 Å². The Morgan fingerprint density at radius 2 is 2.12 bits per heavy atom. The highest BCUT2D eigenvalue weighted by Gasteiger charge is 2.35. The van der Waals surface area contributed by atoms with Crippen LogP contribution < -0.4 is 10.6 Å². The van der Waals surface area contributed by atoms with E-state index in [9.17, 15) is 4.79 Å². The number of carbonyl (C=O) groups excluding carboxylic acids is 1. The standard InChI is InChI=1S/C13H26N2O/c1-3-7-13(8-5-9-13)11-15-12(16)6-4-10-14-2/h14H,3-11H2,1-2H3,(H,15,16). The quantitative estimate of drug-likeness (QED) is 0.622. The van der Waals surface area contributed by atoms with E-state index in [1.54, 1.807) is 0 Å². The molecule has 3 nitrogen and oxygen atoms in total. The molecule has 1 aliphatic rings. The summed E-state index contributed by atoms with van der Waals surface area (Å²) in [5.74, 6) is 0.220. The number of nitrogens with one attached hydrogen (secondary N) is 2. The summed E-state index contributed by atoms with van der Waals surface area (Å²) in [5.41, 5.74) is 0.452. The lowest BCUT2D eigenvalue weighted by atomic mass is 9.66. The first-order chi connectivity index (χ1) is 7.72. The van der Waals surface area contributed by atoms with Gasteiger partial charge < -0.3 is 10.6 Å². The number of rotatable bonds is 8. The van der Waals surface area contributed by atoms with Crippen LogP contribution in [-0.4, -0.2) is 26.0 Å². The van der Waals surface area contributed by atoms with Crippen molar-refractivity contribution < 1.29 is 4.79 Å². The van der Waals surface area contributed by atoms with Gasteiger partial charge in [0.25, 0.3) is 0 Å². The second-order valence-electron chi connectivity index (χ2n) is 5.09. The molecule has 0 saturated heterocycles. The predicted octanol–water partition coefficient (Wildman–Crippen LogP) is 2.07. The lowest BCUT2D eigenvalue weighted by molar-refractivity contribution is -0.122. The Kier molecular flexibility index (Phi) is 5.81. The number of carbonyl (C=O) groups is 1. The maximum absolute atomic E-state index is 11.6. The summed E-state index contributed by atoms with van der Waals surface area (Å²) in [7, 11) is 1.92. The van der Waals surface area contributed by atoms with Gasteiger partial charge in [0.05, 0.1) is 0 Å². The van der Waals surface area contributed by atoms with Gasteiger partial charge in [-0.2, -0.15) is 0 Å². The van der Waals surface area contributed by atoms with Crippen molar-refractivity contribution in [2.45, 2.75) is 51.9 Å². The fourth-order valence-electron chi connectivity index (χ4n) is 2.52. The molecule has 0 aromatic rings. The van der Waals surface area contributed by atoms with Gasteiger partial charge in [0.2, 0.25) is 5.91 Å². The fourth-order valence-corrected chi connectivity index (χ4v) is 2.52. The molecule has 1 rings (SSSR count). The van der Waals surface area contributed by atoms with E-state index in [0.717, 1.165) is 19.5 Å². The highest BCUT2D eigenvalue weighted by atomic mass is 16.1. The van der Waals surface area contributed by atoms with Gasteiger partial charge in [-0.05, 0) is 44.7 Å². The molecular formula is C13H26N2O. The first-order valence-corrected chi connectivity index (χ1v) is 6.64. The molecule has 0 unspecified atom stereocenters. The first kappa shape index (κ1) is 13.5. The molecule has 16 heavy (non-hydrogen) atoms.